The van der Waals surface area contributed by atoms with Crippen molar-refractivity contribution in [3.8, 4) is 0 Å². The van der Waals surface area contributed by atoms with Gasteiger partial charge in [-0.05, 0) is 94.2 Å². The van der Waals surface area contributed by atoms with Crippen molar-refractivity contribution in [1.29, 1.82) is 0 Å². The molecule has 0 aromatic heterocycles. The number of piperidine rings is 1. The van der Waals surface area contributed by atoms with Crippen LogP contribution in [0.4, 0.5) is 8.78 Å². The Morgan fingerprint density at radius 2 is 1.66 bits per heavy atom. The van der Waals surface area contributed by atoms with Crippen molar-refractivity contribution in [1.82, 2.24) is 15.1 Å². The van der Waals surface area contributed by atoms with Gasteiger partial charge in [0.15, 0.2) is 0 Å². The van der Waals surface area contributed by atoms with E-state index < -0.39 is 17.6 Å². The maximum atomic E-state index is 14.9. The maximum absolute atomic E-state index is 14.9. The first-order chi connectivity index (χ1) is 19.4. The summed E-state index contributed by atoms with van der Waals surface area (Å²) in [6.07, 6.45) is 4.62. The number of nitrogens with one attached hydrogen (secondary N) is 1. The number of carbonyl (C=O) groups excluding carboxylic acids is 2. The van der Waals surface area contributed by atoms with Crippen LogP contribution in [0.5, 0.6) is 0 Å². The van der Waals surface area contributed by atoms with Crippen molar-refractivity contribution in [2.75, 3.05) is 26.2 Å². The predicted molar refractivity (Wildman–Crippen MR) is 158 cm³/mol. The molecule has 2 amide bonds. The Morgan fingerprint density at radius 3 is 2.27 bits per heavy atom. The first-order valence-electron chi connectivity index (χ1n) is 15.0. The van der Waals surface area contributed by atoms with E-state index in [-0.39, 0.29) is 41.1 Å². The predicted octanol–water partition coefficient (Wildman–Crippen LogP) is 6.82. The first-order valence-corrected chi connectivity index (χ1v) is 15.4. The van der Waals surface area contributed by atoms with Crippen LogP contribution in [0.15, 0.2) is 36.4 Å². The summed E-state index contributed by atoms with van der Waals surface area (Å²) in [5, 5.41) is 3.84. The molecule has 1 aliphatic carbocycles. The van der Waals surface area contributed by atoms with E-state index in [1.54, 1.807) is 0 Å². The number of amides is 2. The lowest BCUT2D eigenvalue weighted by molar-refractivity contribution is -0.136. The molecular weight excluding hydrogens is 544 g/mol. The van der Waals surface area contributed by atoms with E-state index in [1.165, 1.54) is 17.7 Å². The lowest BCUT2D eigenvalue weighted by atomic mass is 9.82. The second kappa shape index (κ2) is 12.0. The standard InChI is InChI=1S/C33H42ClF2N3O2/c1-20(37-31(40)22-6-5-7-22)27-16-23(34)8-10-25(27)21-12-14-38(15-13-21)32(41)29-19-39(33(2,3)4)18-28(29)26-11-9-24(35)17-30(26)36/h8-11,16-17,20-22,28-29H,5-7,12-15,18-19H2,1-4H3,(H,37,40)/t20?,28-,29+/m0/s1. The van der Waals surface area contributed by atoms with Crippen molar-refractivity contribution in [2.24, 2.45) is 11.8 Å². The van der Waals surface area contributed by atoms with Crippen LogP contribution in [0.25, 0.3) is 0 Å². The van der Waals surface area contributed by atoms with Gasteiger partial charge in [-0.3, -0.25) is 14.5 Å². The topological polar surface area (TPSA) is 52.7 Å². The van der Waals surface area contributed by atoms with Gasteiger partial charge in [0.2, 0.25) is 11.8 Å². The van der Waals surface area contributed by atoms with E-state index in [4.69, 9.17) is 11.6 Å². The molecule has 0 radical (unpaired) electrons. The van der Waals surface area contributed by atoms with Crippen molar-refractivity contribution in [3.63, 3.8) is 0 Å². The number of carbonyl (C=O) groups is 2. The molecule has 0 bridgehead atoms. The summed E-state index contributed by atoms with van der Waals surface area (Å²) in [7, 11) is 0. The van der Waals surface area contributed by atoms with Gasteiger partial charge < -0.3 is 10.2 Å². The van der Waals surface area contributed by atoms with E-state index in [9.17, 15) is 18.4 Å². The first kappa shape index (κ1) is 30.0. The molecule has 1 unspecified atom stereocenters. The molecule has 2 aliphatic heterocycles. The number of nitrogens with zero attached hydrogens (tertiary/aromatic N) is 2. The zero-order valence-electron chi connectivity index (χ0n) is 24.6. The van der Waals surface area contributed by atoms with Crippen molar-refractivity contribution < 1.29 is 18.4 Å². The van der Waals surface area contributed by atoms with Crippen LogP contribution in [0.3, 0.4) is 0 Å². The van der Waals surface area contributed by atoms with Crippen LogP contribution in [0.2, 0.25) is 5.02 Å². The summed E-state index contributed by atoms with van der Waals surface area (Å²) in [6, 6.07) is 9.48. The average Bonchev–Trinajstić information content (AvgIpc) is 3.33. The second-order valence-electron chi connectivity index (χ2n) is 13.2. The fourth-order valence-corrected chi connectivity index (χ4v) is 6.92. The van der Waals surface area contributed by atoms with Crippen LogP contribution in [0, 0.1) is 23.5 Å². The normalized spacial score (nSPS) is 23.3. The zero-order valence-corrected chi connectivity index (χ0v) is 25.3. The number of rotatable bonds is 6. The van der Waals surface area contributed by atoms with E-state index >= 15 is 0 Å². The van der Waals surface area contributed by atoms with Crippen LogP contribution < -0.4 is 5.32 Å². The smallest absolute Gasteiger partial charge is 0.227 e. The summed E-state index contributed by atoms with van der Waals surface area (Å²) in [5.74, 6) is -1.40. The third-order valence-corrected chi connectivity index (χ3v) is 9.78. The van der Waals surface area contributed by atoms with Gasteiger partial charge in [0, 0.05) is 54.6 Å². The molecule has 1 N–H and O–H groups in total. The molecule has 1 saturated carbocycles. The highest BCUT2D eigenvalue weighted by molar-refractivity contribution is 6.30. The van der Waals surface area contributed by atoms with Gasteiger partial charge in [-0.15, -0.1) is 0 Å². The monoisotopic (exact) mass is 585 g/mol. The van der Waals surface area contributed by atoms with Gasteiger partial charge in [-0.25, -0.2) is 8.78 Å². The largest absolute Gasteiger partial charge is 0.349 e. The highest BCUT2D eigenvalue weighted by atomic mass is 35.5. The Kier molecular flexibility index (Phi) is 8.77. The molecule has 0 spiro atoms. The summed E-state index contributed by atoms with van der Waals surface area (Å²) in [4.78, 5) is 30.8. The van der Waals surface area contributed by atoms with Gasteiger partial charge in [-0.1, -0.05) is 30.2 Å². The van der Waals surface area contributed by atoms with E-state index in [0.29, 0.717) is 36.8 Å². The Hall–Kier alpha value is -2.51. The molecule has 2 heterocycles. The Balaban J connectivity index is 1.29. The minimum atomic E-state index is -0.611. The number of likely N-dealkylation sites (tertiary alicyclic amines) is 2. The SMILES string of the molecule is CC(NC(=O)C1CCC1)c1cc(Cl)ccc1C1CCN(C(=O)[C@@H]2CN(C(C)(C)C)C[C@H]2c2ccc(F)cc2F)CC1. The second-order valence-corrected chi connectivity index (χ2v) is 13.6. The molecule has 222 valence electrons. The number of hydrogen-bond donors (Lipinski definition) is 1. The Labute approximate surface area is 247 Å². The Bertz CT molecular complexity index is 1280. The van der Waals surface area contributed by atoms with E-state index in [1.807, 2.05) is 24.0 Å². The summed E-state index contributed by atoms with van der Waals surface area (Å²) < 4.78 is 28.6. The third kappa shape index (κ3) is 6.46. The molecule has 5 rings (SSSR count). The maximum Gasteiger partial charge on any atom is 0.227 e. The van der Waals surface area contributed by atoms with Crippen molar-refractivity contribution in [2.45, 2.75) is 83.2 Å². The lowest BCUT2D eigenvalue weighted by Gasteiger charge is -2.36. The molecule has 3 atom stereocenters. The van der Waals surface area contributed by atoms with Gasteiger partial charge in [0.05, 0.1) is 12.0 Å². The van der Waals surface area contributed by atoms with Crippen LogP contribution in [-0.4, -0.2) is 53.3 Å². The third-order valence-electron chi connectivity index (χ3n) is 9.54. The molecule has 41 heavy (non-hydrogen) atoms. The minimum absolute atomic E-state index is 0.0429. The fraction of sp³-hybridized carbons (Fsp3) is 0.576. The summed E-state index contributed by atoms with van der Waals surface area (Å²) in [6.45, 7) is 10.6. The highest BCUT2D eigenvalue weighted by Crippen LogP contribution is 2.40. The van der Waals surface area contributed by atoms with Crippen LogP contribution >= 0.6 is 11.6 Å². The van der Waals surface area contributed by atoms with Gasteiger partial charge in [0.1, 0.15) is 11.6 Å². The molecule has 5 nitrogen and oxygen atoms in total. The van der Waals surface area contributed by atoms with E-state index in [2.05, 4.69) is 37.1 Å². The molecule has 8 heteroatoms. The van der Waals surface area contributed by atoms with E-state index in [0.717, 1.165) is 43.7 Å². The number of benzene rings is 2. The van der Waals surface area contributed by atoms with Crippen molar-refractivity contribution >= 4 is 23.4 Å². The fourth-order valence-electron chi connectivity index (χ4n) is 6.74. The molecule has 2 aromatic rings. The van der Waals surface area contributed by atoms with Crippen molar-refractivity contribution in [3.05, 3.63) is 69.7 Å². The average molecular weight is 586 g/mol. The number of hydrogen-bond acceptors (Lipinski definition) is 3. The number of halogens is 3. The van der Waals surface area contributed by atoms with Gasteiger partial charge in [0.25, 0.3) is 0 Å². The van der Waals surface area contributed by atoms with Gasteiger partial charge in [-0.2, -0.15) is 0 Å². The molecule has 3 fully saturated rings. The van der Waals surface area contributed by atoms with Crippen LogP contribution in [-0.2, 0) is 9.59 Å². The molecule has 2 saturated heterocycles. The summed E-state index contributed by atoms with van der Waals surface area (Å²) in [5.41, 5.74) is 2.45. The summed E-state index contributed by atoms with van der Waals surface area (Å²) >= 11 is 6.39. The molecule has 3 aliphatic rings. The molecule has 2 aromatic carbocycles. The van der Waals surface area contributed by atoms with Crippen LogP contribution in [0.1, 0.15) is 94.4 Å². The van der Waals surface area contributed by atoms with Gasteiger partial charge >= 0.3 is 0 Å². The Morgan fingerprint density at radius 1 is 0.976 bits per heavy atom. The quantitative estimate of drug-likeness (QED) is 0.405. The molecular formula is C33H42ClF2N3O2. The highest BCUT2D eigenvalue weighted by Gasteiger charge is 2.45. The lowest BCUT2D eigenvalue weighted by Crippen LogP contribution is -2.44. The zero-order chi connectivity index (χ0) is 29.5. The minimum Gasteiger partial charge on any atom is -0.349 e.